The fraction of sp³-hybridized carbons (Fsp3) is 0.368. The quantitative estimate of drug-likeness (QED) is 0.669. The van der Waals surface area contributed by atoms with Crippen molar-refractivity contribution in [2.75, 3.05) is 11.9 Å². The Morgan fingerprint density at radius 2 is 1.91 bits per heavy atom. The Kier molecular flexibility index (Phi) is 7.35. The topological polar surface area (TPSA) is 100 Å². The van der Waals surface area contributed by atoms with Gasteiger partial charge in [-0.25, -0.2) is 18.5 Å². The molecule has 0 atom stereocenters. The third-order valence-electron chi connectivity index (χ3n) is 4.48. The minimum atomic E-state index is -4.98. The van der Waals surface area contributed by atoms with E-state index in [2.05, 4.69) is 5.32 Å². The van der Waals surface area contributed by atoms with Crippen molar-refractivity contribution < 1.29 is 22.4 Å². The summed E-state index contributed by atoms with van der Waals surface area (Å²) < 4.78 is 54.0. The van der Waals surface area contributed by atoms with Crippen molar-refractivity contribution in [3.8, 4) is 11.8 Å². The zero-order valence-electron chi connectivity index (χ0n) is 17.1. The number of aromatic nitrogens is 2. The summed E-state index contributed by atoms with van der Waals surface area (Å²) in [7, 11) is 0.785. The summed E-state index contributed by atoms with van der Waals surface area (Å²) >= 11 is 5.97. The number of nitrogens with zero attached hydrogens (tertiary/aromatic N) is 4. The Hall–Kier alpha value is -3.33. The van der Waals surface area contributed by atoms with Crippen molar-refractivity contribution in [1.82, 2.24) is 14.0 Å². The summed E-state index contributed by atoms with van der Waals surface area (Å²) in [5.74, 6) is -1.17. The van der Waals surface area contributed by atoms with Crippen LogP contribution in [0.4, 0.5) is 28.0 Å². The summed E-state index contributed by atoms with van der Waals surface area (Å²) in [6, 6.07) is 2.64. The van der Waals surface area contributed by atoms with Crippen LogP contribution in [0.5, 0.6) is 0 Å². The summed E-state index contributed by atoms with van der Waals surface area (Å²) in [4.78, 5) is 38.6. The average molecular weight is 476 g/mol. The number of rotatable bonds is 5. The standard InChI is InChI=1S/C19H18ClF4N5O3/c1-10(2)28(6-4-5-25)17(31)26-13-8-14(12(21)7-11(13)20)29-16(30)9-15(19(22,23)24)27(3)18(29)32/h7-10H,4,6H2,1-3H3,(H,26,31). The first-order chi connectivity index (χ1) is 14.8. The molecule has 8 nitrogen and oxygen atoms in total. The van der Waals surface area contributed by atoms with Crippen LogP contribution in [0.2, 0.25) is 5.02 Å². The third kappa shape index (κ3) is 5.11. The number of amides is 2. The number of carbonyl (C=O) groups is 1. The van der Waals surface area contributed by atoms with Gasteiger partial charge in [-0.1, -0.05) is 11.6 Å². The van der Waals surface area contributed by atoms with Crippen LogP contribution in [0.3, 0.4) is 0 Å². The maximum absolute atomic E-state index is 14.6. The molecule has 2 amide bonds. The molecule has 0 bridgehead atoms. The molecule has 172 valence electrons. The van der Waals surface area contributed by atoms with Gasteiger partial charge in [0.1, 0.15) is 11.5 Å². The number of urea groups is 1. The lowest BCUT2D eigenvalue weighted by Crippen LogP contribution is -2.41. The van der Waals surface area contributed by atoms with Crippen LogP contribution >= 0.6 is 11.6 Å². The second-order valence-electron chi connectivity index (χ2n) is 6.95. The van der Waals surface area contributed by atoms with Gasteiger partial charge in [0.25, 0.3) is 5.56 Å². The first kappa shape index (κ1) is 24.9. The molecular formula is C19H18ClF4N5O3. The van der Waals surface area contributed by atoms with Crippen LogP contribution in [-0.4, -0.2) is 32.7 Å². The van der Waals surface area contributed by atoms with E-state index in [1.807, 2.05) is 6.07 Å². The highest BCUT2D eigenvalue weighted by Crippen LogP contribution is 2.29. The lowest BCUT2D eigenvalue weighted by molar-refractivity contribution is -0.144. The van der Waals surface area contributed by atoms with Crippen LogP contribution in [0.25, 0.3) is 5.69 Å². The van der Waals surface area contributed by atoms with Gasteiger partial charge in [-0.05, 0) is 26.0 Å². The van der Waals surface area contributed by atoms with Gasteiger partial charge in [-0.15, -0.1) is 0 Å². The molecule has 0 saturated heterocycles. The number of anilines is 1. The Balaban J connectivity index is 2.59. The number of hydrogen-bond acceptors (Lipinski definition) is 4. The zero-order chi connectivity index (χ0) is 24.4. The molecule has 1 N–H and O–H groups in total. The molecule has 2 aromatic rings. The van der Waals surface area contributed by atoms with Crippen LogP contribution in [0.15, 0.2) is 27.8 Å². The fourth-order valence-corrected chi connectivity index (χ4v) is 3.07. The number of benzene rings is 1. The van der Waals surface area contributed by atoms with Crippen molar-refractivity contribution >= 4 is 23.3 Å². The first-order valence-corrected chi connectivity index (χ1v) is 9.51. The largest absolute Gasteiger partial charge is 0.431 e. The summed E-state index contributed by atoms with van der Waals surface area (Å²) in [6.45, 7) is 3.48. The number of alkyl halides is 3. The summed E-state index contributed by atoms with van der Waals surface area (Å²) in [6.07, 6.45) is -4.93. The summed E-state index contributed by atoms with van der Waals surface area (Å²) in [5.41, 5.74) is -5.25. The van der Waals surface area contributed by atoms with Crippen LogP contribution in [0.1, 0.15) is 26.0 Å². The van der Waals surface area contributed by atoms with E-state index in [9.17, 15) is 31.9 Å². The van der Waals surface area contributed by atoms with Gasteiger partial charge >= 0.3 is 17.9 Å². The molecule has 2 rings (SSSR count). The molecule has 13 heteroatoms. The average Bonchev–Trinajstić information content (AvgIpc) is 2.67. The molecule has 0 spiro atoms. The molecule has 1 heterocycles. The molecule has 32 heavy (non-hydrogen) atoms. The summed E-state index contributed by atoms with van der Waals surface area (Å²) in [5, 5.41) is 10.9. The zero-order valence-corrected chi connectivity index (χ0v) is 17.9. The number of carbonyl (C=O) groups excluding carboxylic acids is 1. The van der Waals surface area contributed by atoms with Gasteiger partial charge in [0, 0.05) is 25.7 Å². The van der Waals surface area contributed by atoms with E-state index in [1.54, 1.807) is 13.8 Å². The third-order valence-corrected chi connectivity index (χ3v) is 4.79. The Morgan fingerprint density at radius 1 is 1.28 bits per heavy atom. The molecule has 0 aliphatic heterocycles. The van der Waals surface area contributed by atoms with E-state index in [4.69, 9.17) is 16.9 Å². The predicted octanol–water partition coefficient (Wildman–Crippen LogP) is 3.50. The molecule has 0 aliphatic rings. The molecule has 0 radical (unpaired) electrons. The molecule has 1 aromatic heterocycles. The fourth-order valence-electron chi connectivity index (χ4n) is 2.88. The van der Waals surface area contributed by atoms with Gasteiger partial charge < -0.3 is 10.2 Å². The molecule has 0 fully saturated rings. The van der Waals surface area contributed by atoms with E-state index >= 15 is 0 Å². The number of nitriles is 1. The second kappa shape index (κ2) is 9.44. The van der Waals surface area contributed by atoms with Gasteiger partial charge in [0.15, 0.2) is 0 Å². The van der Waals surface area contributed by atoms with Gasteiger partial charge in [0.2, 0.25) is 0 Å². The minimum absolute atomic E-state index is 0.0466. The van der Waals surface area contributed by atoms with Crippen LogP contribution < -0.4 is 16.6 Å². The van der Waals surface area contributed by atoms with Gasteiger partial charge in [0.05, 0.1) is 28.9 Å². The van der Waals surface area contributed by atoms with E-state index in [-0.39, 0.29) is 44.9 Å². The predicted molar refractivity (Wildman–Crippen MR) is 108 cm³/mol. The Bertz CT molecular complexity index is 1200. The van der Waals surface area contributed by atoms with Gasteiger partial charge in [-0.3, -0.25) is 9.36 Å². The van der Waals surface area contributed by atoms with Crippen molar-refractivity contribution in [1.29, 1.82) is 5.26 Å². The van der Waals surface area contributed by atoms with Gasteiger partial charge in [-0.2, -0.15) is 18.4 Å². The van der Waals surface area contributed by atoms with E-state index < -0.39 is 40.7 Å². The molecule has 0 unspecified atom stereocenters. The maximum atomic E-state index is 14.6. The highest BCUT2D eigenvalue weighted by Gasteiger charge is 2.35. The first-order valence-electron chi connectivity index (χ1n) is 9.13. The van der Waals surface area contributed by atoms with E-state index in [0.717, 1.165) is 13.1 Å². The molecular weight excluding hydrogens is 458 g/mol. The molecule has 1 aromatic carbocycles. The lowest BCUT2D eigenvalue weighted by Gasteiger charge is -2.26. The highest BCUT2D eigenvalue weighted by atomic mass is 35.5. The van der Waals surface area contributed by atoms with Crippen LogP contribution in [0, 0.1) is 17.1 Å². The number of hydrogen-bond donors (Lipinski definition) is 1. The lowest BCUT2D eigenvalue weighted by atomic mass is 10.2. The number of halogens is 5. The SMILES string of the molecule is CC(C)N(CCC#N)C(=O)Nc1cc(-n2c(=O)cc(C(F)(F)F)n(C)c2=O)c(F)cc1Cl. The smallest absolute Gasteiger partial charge is 0.321 e. The monoisotopic (exact) mass is 475 g/mol. The number of nitrogens with one attached hydrogen (secondary N) is 1. The Morgan fingerprint density at radius 3 is 2.44 bits per heavy atom. The van der Waals surface area contributed by atoms with Crippen molar-refractivity contribution in [2.24, 2.45) is 7.05 Å². The van der Waals surface area contributed by atoms with Crippen molar-refractivity contribution in [3.63, 3.8) is 0 Å². The van der Waals surface area contributed by atoms with Crippen molar-refractivity contribution in [2.45, 2.75) is 32.5 Å². The van der Waals surface area contributed by atoms with Crippen LogP contribution in [-0.2, 0) is 13.2 Å². The second-order valence-corrected chi connectivity index (χ2v) is 7.36. The highest BCUT2D eigenvalue weighted by molar-refractivity contribution is 6.33. The van der Waals surface area contributed by atoms with E-state index in [0.29, 0.717) is 6.07 Å². The van der Waals surface area contributed by atoms with E-state index in [1.165, 1.54) is 4.90 Å². The normalized spacial score (nSPS) is 11.4. The molecule has 0 saturated carbocycles. The molecule has 0 aliphatic carbocycles. The Labute approximate surface area is 184 Å². The maximum Gasteiger partial charge on any atom is 0.431 e. The van der Waals surface area contributed by atoms with Crippen molar-refractivity contribution in [3.05, 3.63) is 55.6 Å². The minimum Gasteiger partial charge on any atom is -0.321 e.